The molecule has 0 saturated carbocycles. The number of amides is 1. The molecule has 2 saturated heterocycles. The lowest BCUT2D eigenvalue weighted by Gasteiger charge is -2.52. The van der Waals surface area contributed by atoms with Gasteiger partial charge in [0.2, 0.25) is 11.9 Å². The SMILES string of the molecule is O=C(CCc1ccccc1)N1CC2(CC[C@H](CNc3ncccn3)CO2)C1. The number of hydrogen-bond donors (Lipinski definition) is 1. The van der Waals surface area contributed by atoms with E-state index in [2.05, 4.69) is 27.4 Å². The van der Waals surface area contributed by atoms with Gasteiger partial charge in [-0.3, -0.25) is 4.79 Å². The number of rotatable bonds is 6. The van der Waals surface area contributed by atoms with Crippen LogP contribution in [-0.2, 0) is 16.0 Å². The van der Waals surface area contributed by atoms with Crippen molar-refractivity contribution in [2.75, 3.05) is 31.6 Å². The molecule has 2 aliphatic heterocycles. The third-order valence-corrected chi connectivity index (χ3v) is 5.53. The molecule has 1 aromatic carbocycles. The van der Waals surface area contributed by atoms with Crippen LogP contribution in [0.15, 0.2) is 48.8 Å². The second kappa shape index (κ2) is 8.05. The second-order valence-corrected chi connectivity index (χ2v) is 7.59. The molecular weight excluding hydrogens is 340 g/mol. The van der Waals surface area contributed by atoms with Crippen LogP contribution in [0.2, 0.25) is 0 Å². The maximum absolute atomic E-state index is 12.4. The van der Waals surface area contributed by atoms with Crippen LogP contribution in [0.4, 0.5) is 5.95 Å². The van der Waals surface area contributed by atoms with Gasteiger partial charge in [0, 0.05) is 25.4 Å². The first-order chi connectivity index (χ1) is 13.2. The number of carbonyl (C=O) groups excluding carboxylic acids is 1. The van der Waals surface area contributed by atoms with Crippen LogP contribution in [0.25, 0.3) is 0 Å². The molecule has 27 heavy (non-hydrogen) atoms. The molecule has 1 amide bonds. The van der Waals surface area contributed by atoms with E-state index in [9.17, 15) is 4.79 Å². The monoisotopic (exact) mass is 366 g/mol. The lowest BCUT2D eigenvalue weighted by Crippen LogP contribution is -2.66. The van der Waals surface area contributed by atoms with Crippen molar-refractivity contribution in [3.8, 4) is 0 Å². The molecule has 6 heteroatoms. The molecule has 1 spiro atoms. The summed E-state index contributed by atoms with van der Waals surface area (Å²) in [6, 6.07) is 12.0. The minimum absolute atomic E-state index is 0.109. The number of aromatic nitrogens is 2. The average molecular weight is 366 g/mol. The predicted octanol–water partition coefficient (Wildman–Crippen LogP) is 2.53. The van der Waals surface area contributed by atoms with E-state index in [-0.39, 0.29) is 11.5 Å². The Morgan fingerprint density at radius 2 is 1.96 bits per heavy atom. The molecular formula is C21H26N4O2. The third kappa shape index (κ3) is 4.45. The van der Waals surface area contributed by atoms with E-state index in [4.69, 9.17) is 4.74 Å². The molecule has 2 aromatic rings. The van der Waals surface area contributed by atoms with Crippen LogP contribution in [0.5, 0.6) is 0 Å². The Bertz CT molecular complexity index is 737. The maximum Gasteiger partial charge on any atom is 0.223 e. The summed E-state index contributed by atoms with van der Waals surface area (Å²) in [5.74, 6) is 1.36. The van der Waals surface area contributed by atoms with Crippen LogP contribution in [-0.4, -0.2) is 52.6 Å². The minimum atomic E-state index is -0.109. The van der Waals surface area contributed by atoms with E-state index in [0.717, 1.165) is 45.5 Å². The van der Waals surface area contributed by atoms with Gasteiger partial charge < -0.3 is 15.0 Å². The largest absolute Gasteiger partial charge is 0.371 e. The number of likely N-dealkylation sites (tertiary alicyclic amines) is 1. The van der Waals surface area contributed by atoms with E-state index in [0.29, 0.717) is 18.3 Å². The van der Waals surface area contributed by atoms with Crippen LogP contribution < -0.4 is 5.32 Å². The van der Waals surface area contributed by atoms with Crippen molar-refractivity contribution in [3.63, 3.8) is 0 Å². The van der Waals surface area contributed by atoms with Gasteiger partial charge in [0.05, 0.1) is 19.7 Å². The zero-order valence-electron chi connectivity index (χ0n) is 15.5. The minimum Gasteiger partial charge on any atom is -0.371 e. The Kier molecular flexibility index (Phi) is 5.34. The van der Waals surface area contributed by atoms with Gasteiger partial charge in [0.15, 0.2) is 0 Å². The summed E-state index contributed by atoms with van der Waals surface area (Å²) >= 11 is 0. The van der Waals surface area contributed by atoms with Crippen molar-refractivity contribution in [1.82, 2.24) is 14.9 Å². The van der Waals surface area contributed by atoms with Gasteiger partial charge in [-0.05, 0) is 36.8 Å². The smallest absolute Gasteiger partial charge is 0.223 e. The van der Waals surface area contributed by atoms with Crippen molar-refractivity contribution >= 4 is 11.9 Å². The van der Waals surface area contributed by atoms with Gasteiger partial charge in [-0.1, -0.05) is 30.3 Å². The summed E-state index contributed by atoms with van der Waals surface area (Å²) < 4.78 is 6.17. The topological polar surface area (TPSA) is 67.4 Å². The Hall–Kier alpha value is -2.47. The molecule has 6 nitrogen and oxygen atoms in total. The van der Waals surface area contributed by atoms with Crippen molar-refractivity contribution in [3.05, 3.63) is 54.4 Å². The average Bonchev–Trinajstić information content (AvgIpc) is 2.71. The summed E-state index contributed by atoms with van der Waals surface area (Å²) in [6.07, 6.45) is 6.96. The zero-order valence-corrected chi connectivity index (χ0v) is 15.5. The van der Waals surface area contributed by atoms with Crippen LogP contribution in [0, 0.1) is 5.92 Å². The molecule has 142 valence electrons. The number of aryl methyl sites for hydroxylation is 1. The Morgan fingerprint density at radius 1 is 1.19 bits per heavy atom. The quantitative estimate of drug-likeness (QED) is 0.851. The van der Waals surface area contributed by atoms with Crippen LogP contribution >= 0.6 is 0 Å². The number of carbonyl (C=O) groups is 1. The fourth-order valence-corrected chi connectivity index (χ4v) is 3.83. The number of ether oxygens (including phenoxy) is 1. The summed E-state index contributed by atoms with van der Waals surface area (Å²) in [5.41, 5.74) is 1.11. The summed E-state index contributed by atoms with van der Waals surface area (Å²) in [7, 11) is 0. The highest BCUT2D eigenvalue weighted by atomic mass is 16.5. The fourth-order valence-electron chi connectivity index (χ4n) is 3.83. The number of nitrogens with zero attached hydrogens (tertiary/aromatic N) is 3. The lowest BCUT2D eigenvalue weighted by atomic mass is 9.82. The van der Waals surface area contributed by atoms with Gasteiger partial charge in [0.25, 0.3) is 0 Å². The summed E-state index contributed by atoms with van der Waals surface area (Å²) in [5, 5.41) is 3.27. The first-order valence-electron chi connectivity index (χ1n) is 9.69. The van der Waals surface area contributed by atoms with E-state index in [1.165, 1.54) is 5.56 Å². The maximum atomic E-state index is 12.4. The molecule has 0 radical (unpaired) electrons. The van der Waals surface area contributed by atoms with Gasteiger partial charge in [-0.25, -0.2) is 9.97 Å². The number of anilines is 1. The first kappa shape index (κ1) is 17.9. The van der Waals surface area contributed by atoms with Crippen molar-refractivity contribution in [2.24, 2.45) is 5.92 Å². The van der Waals surface area contributed by atoms with Crippen molar-refractivity contribution < 1.29 is 9.53 Å². The van der Waals surface area contributed by atoms with Crippen LogP contribution in [0.3, 0.4) is 0 Å². The number of hydrogen-bond acceptors (Lipinski definition) is 5. The van der Waals surface area contributed by atoms with Crippen molar-refractivity contribution in [1.29, 1.82) is 0 Å². The first-order valence-corrected chi connectivity index (χ1v) is 9.69. The van der Waals surface area contributed by atoms with E-state index in [1.807, 2.05) is 29.2 Å². The third-order valence-electron chi connectivity index (χ3n) is 5.53. The highest BCUT2D eigenvalue weighted by molar-refractivity contribution is 5.77. The molecule has 0 unspecified atom stereocenters. The Balaban J connectivity index is 1.17. The Labute approximate surface area is 160 Å². The molecule has 2 fully saturated rings. The Morgan fingerprint density at radius 3 is 2.67 bits per heavy atom. The predicted molar refractivity (Wildman–Crippen MR) is 103 cm³/mol. The van der Waals surface area contributed by atoms with Gasteiger partial charge in [-0.2, -0.15) is 0 Å². The standard InChI is InChI=1S/C21H26N4O2/c26-19(8-7-17-5-2-1-3-6-17)25-15-21(16-25)10-9-18(14-27-21)13-24-20-22-11-4-12-23-20/h1-6,11-12,18H,7-10,13-16H2,(H,22,23,24)/t18-/m1/s1. The molecule has 1 N–H and O–H groups in total. The number of benzene rings is 1. The van der Waals surface area contributed by atoms with E-state index in [1.54, 1.807) is 12.4 Å². The van der Waals surface area contributed by atoms with Crippen molar-refractivity contribution in [2.45, 2.75) is 31.3 Å². The molecule has 0 aliphatic carbocycles. The molecule has 2 aliphatic rings. The molecule has 4 rings (SSSR count). The van der Waals surface area contributed by atoms with E-state index < -0.39 is 0 Å². The van der Waals surface area contributed by atoms with Gasteiger partial charge >= 0.3 is 0 Å². The van der Waals surface area contributed by atoms with E-state index >= 15 is 0 Å². The molecule has 1 atom stereocenters. The highest BCUT2D eigenvalue weighted by Gasteiger charge is 2.48. The lowest BCUT2D eigenvalue weighted by molar-refractivity contribution is -0.187. The zero-order chi connectivity index (χ0) is 18.5. The van der Waals surface area contributed by atoms with Crippen LogP contribution in [0.1, 0.15) is 24.8 Å². The molecule has 0 bridgehead atoms. The summed E-state index contributed by atoms with van der Waals surface area (Å²) in [6.45, 7) is 3.02. The highest BCUT2D eigenvalue weighted by Crippen LogP contribution is 2.36. The number of nitrogens with one attached hydrogen (secondary N) is 1. The fraction of sp³-hybridized carbons (Fsp3) is 0.476. The molecule has 1 aromatic heterocycles. The summed E-state index contributed by atoms with van der Waals surface area (Å²) in [4.78, 5) is 22.7. The van der Waals surface area contributed by atoms with Gasteiger partial charge in [-0.15, -0.1) is 0 Å². The normalized spacial score (nSPS) is 20.9. The second-order valence-electron chi connectivity index (χ2n) is 7.59. The van der Waals surface area contributed by atoms with Gasteiger partial charge in [0.1, 0.15) is 5.60 Å². The molecule has 3 heterocycles.